The zero-order valence-electron chi connectivity index (χ0n) is 6.25. The van der Waals surface area contributed by atoms with Gasteiger partial charge in [-0.3, -0.25) is 4.79 Å². The molecule has 0 aliphatic rings. The van der Waals surface area contributed by atoms with Crippen LogP contribution in [0.5, 0.6) is 5.75 Å². The van der Waals surface area contributed by atoms with E-state index in [0.717, 1.165) is 4.47 Å². The number of ketones is 1. The molecule has 1 aromatic carbocycles. The van der Waals surface area contributed by atoms with Gasteiger partial charge in [-0.2, -0.15) is 0 Å². The standard InChI is InChI=1S/C9H7BrO2/c1-2-8(11)7-5-6(10)3-4-9(7)12/h2-5,12H,1H2. The number of phenols is 1. The second-order valence-corrected chi connectivity index (χ2v) is 3.15. The highest BCUT2D eigenvalue weighted by Crippen LogP contribution is 2.22. The number of aromatic hydroxyl groups is 1. The first kappa shape index (κ1) is 9.00. The molecule has 1 aromatic rings. The molecular weight excluding hydrogens is 220 g/mol. The van der Waals surface area contributed by atoms with Crippen LogP contribution < -0.4 is 0 Å². The highest BCUT2D eigenvalue weighted by atomic mass is 79.9. The smallest absolute Gasteiger partial charge is 0.188 e. The largest absolute Gasteiger partial charge is 0.507 e. The van der Waals surface area contributed by atoms with Crippen LogP contribution in [0.15, 0.2) is 35.3 Å². The molecule has 0 aliphatic carbocycles. The fraction of sp³-hybridized carbons (Fsp3) is 0. The molecular formula is C9H7BrO2. The molecule has 0 atom stereocenters. The molecule has 0 fully saturated rings. The van der Waals surface area contributed by atoms with Gasteiger partial charge in [0.1, 0.15) is 5.75 Å². The zero-order chi connectivity index (χ0) is 9.14. The number of carbonyl (C=O) groups excluding carboxylic acids is 1. The van der Waals surface area contributed by atoms with Crippen molar-refractivity contribution in [3.63, 3.8) is 0 Å². The molecule has 0 saturated heterocycles. The number of benzene rings is 1. The summed E-state index contributed by atoms with van der Waals surface area (Å²) in [7, 11) is 0. The van der Waals surface area contributed by atoms with E-state index in [0.29, 0.717) is 0 Å². The highest BCUT2D eigenvalue weighted by molar-refractivity contribution is 9.10. The monoisotopic (exact) mass is 226 g/mol. The summed E-state index contributed by atoms with van der Waals surface area (Å²) in [6.07, 6.45) is 1.17. The van der Waals surface area contributed by atoms with Crippen LogP contribution in [0, 0.1) is 0 Å². The third-order valence-corrected chi connectivity index (χ3v) is 1.90. The van der Waals surface area contributed by atoms with Crippen LogP contribution in [0.4, 0.5) is 0 Å². The fourth-order valence-corrected chi connectivity index (χ4v) is 1.18. The number of phenolic OH excluding ortho intramolecular Hbond substituents is 1. The minimum Gasteiger partial charge on any atom is -0.507 e. The van der Waals surface area contributed by atoms with Gasteiger partial charge in [0.2, 0.25) is 0 Å². The lowest BCUT2D eigenvalue weighted by atomic mass is 10.1. The molecule has 62 valence electrons. The van der Waals surface area contributed by atoms with Gasteiger partial charge in [-0.05, 0) is 24.3 Å². The summed E-state index contributed by atoms with van der Waals surface area (Å²) in [6, 6.07) is 4.68. The molecule has 0 heterocycles. The zero-order valence-corrected chi connectivity index (χ0v) is 7.84. The fourth-order valence-electron chi connectivity index (χ4n) is 0.816. The van der Waals surface area contributed by atoms with E-state index in [1.807, 2.05) is 0 Å². The Morgan fingerprint density at radius 1 is 1.58 bits per heavy atom. The van der Waals surface area contributed by atoms with Crippen molar-refractivity contribution in [2.75, 3.05) is 0 Å². The van der Waals surface area contributed by atoms with E-state index in [1.54, 1.807) is 12.1 Å². The average molecular weight is 227 g/mol. The number of hydrogen-bond donors (Lipinski definition) is 1. The highest BCUT2D eigenvalue weighted by Gasteiger charge is 2.07. The summed E-state index contributed by atoms with van der Waals surface area (Å²) in [5.41, 5.74) is 0.263. The van der Waals surface area contributed by atoms with Gasteiger partial charge in [0.15, 0.2) is 5.78 Å². The summed E-state index contributed by atoms with van der Waals surface area (Å²) in [4.78, 5) is 11.1. The minimum atomic E-state index is -0.284. The molecule has 1 rings (SSSR count). The van der Waals surface area contributed by atoms with E-state index in [9.17, 15) is 9.90 Å². The molecule has 0 unspecified atom stereocenters. The van der Waals surface area contributed by atoms with Crippen molar-refractivity contribution in [1.29, 1.82) is 0 Å². The third kappa shape index (κ3) is 1.74. The Balaban J connectivity index is 3.22. The molecule has 0 saturated carbocycles. The first-order chi connectivity index (χ1) is 5.65. The van der Waals surface area contributed by atoms with E-state index in [1.165, 1.54) is 12.1 Å². The Morgan fingerprint density at radius 2 is 2.25 bits per heavy atom. The Hall–Kier alpha value is -1.09. The Kier molecular flexibility index (Phi) is 2.65. The first-order valence-electron chi connectivity index (χ1n) is 3.30. The lowest BCUT2D eigenvalue weighted by Gasteiger charge is -1.99. The maximum Gasteiger partial charge on any atom is 0.188 e. The van der Waals surface area contributed by atoms with Crippen LogP contribution in [-0.2, 0) is 0 Å². The minimum absolute atomic E-state index is 0.0249. The maximum atomic E-state index is 11.1. The van der Waals surface area contributed by atoms with Crippen LogP contribution in [0.3, 0.4) is 0 Å². The van der Waals surface area contributed by atoms with Gasteiger partial charge in [-0.15, -0.1) is 0 Å². The first-order valence-corrected chi connectivity index (χ1v) is 4.09. The molecule has 0 aliphatic heterocycles. The number of hydrogen-bond acceptors (Lipinski definition) is 2. The Bertz CT molecular complexity index is 331. The van der Waals surface area contributed by atoms with Crippen LogP contribution in [0.2, 0.25) is 0 Å². The summed E-state index contributed by atoms with van der Waals surface area (Å²) < 4.78 is 0.755. The Morgan fingerprint density at radius 3 is 2.83 bits per heavy atom. The van der Waals surface area contributed by atoms with Gasteiger partial charge in [0, 0.05) is 4.47 Å². The van der Waals surface area contributed by atoms with Crippen LogP contribution >= 0.6 is 15.9 Å². The molecule has 2 nitrogen and oxygen atoms in total. The molecule has 3 heteroatoms. The third-order valence-electron chi connectivity index (χ3n) is 1.41. The van der Waals surface area contributed by atoms with E-state index in [4.69, 9.17) is 0 Å². The van der Waals surface area contributed by atoms with E-state index in [2.05, 4.69) is 22.5 Å². The van der Waals surface area contributed by atoms with Gasteiger partial charge in [0.25, 0.3) is 0 Å². The molecule has 0 radical (unpaired) electrons. The summed E-state index contributed by atoms with van der Waals surface area (Å²) in [5.74, 6) is -0.308. The van der Waals surface area contributed by atoms with Crippen molar-refractivity contribution < 1.29 is 9.90 Å². The van der Waals surface area contributed by atoms with Crippen molar-refractivity contribution in [2.24, 2.45) is 0 Å². The predicted octanol–water partition coefficient (Wildman–Crippen LogP) is 2.52. The second kappa shape index (κ2) is 3.54. The van der Waals surface area contributed by atoms with E-state index in [-0.39, 0.29) is 17.1 Å². The second-order valence-electron chi connectivity index (χ2n) is 2.23. The SMILES string of the molecule is C=CC(=O)c1cc(Br)ccc1O. The van der Waals surface area contributed by atoms with E-state index >= 15 is 0 Å². The van der Waals surface area contributed by atoms with Crippen molar-refractivity contribution in [3.8, 4) is 5.75 Å². The lowest BCUT2D eigenvalue weighted by molar-refractivity contribution is 0.104. The number of rotatable bonds is 2. The van der Waals surface area contributed by atoms with Crippen LogP contribution in [0.25, 0.3) is 0 Å². The topological polar surface area (TPSA) is 37.3 Å². The van der Waals surface area contributed by atoms with Crippen molar-refractivity contribution >= 4 is 21.7 Å². The van der Waals surface area contributed by atoms with E-state index < -0.39 is 0 Å². The van der Waals surface area contributed by atoms with Crippen molar-refractivity contribution in [1.82, 2.24) is 0 Å². The molecule has 1 N–H and O–H groups in total. The van der Waals surface area contributed by atoms with Gasteiger partial charge >= 0.3 is 0 Å². The number of halogens is 1. The van der Waals surface area contributed by atoms with Crippen molar-refractivity contribution in [3.05, 3.63) is 40.9 Å². The van der Waals surface area contributed by atoms with Gasteiger partial charge in [0.05, 0.1) is 5.56 Å². The van der Waals surface area contributed by atoms with Crippen LogP contribution in [-0.4, -0.2) is 10.9 Å². The predicted molar refractivity (Wildman–Crippen MR) is 50.3 cm³/mol. The summed E-state index contributed by atoms with van der Waals surface area (Å²) in [5, 5.41) is 9.25. The van der Waals surface area contributed by atoms with Gasteiger partial charge in [-0.1, -0.05) is 22.5 Å². The molecule has 0 bridgehead atoms. The maximum absolute atomic E-state index is 11.1. The quantitative estimate of drug-likeness (QED) is 0.622. The molecule has 12 heavy (non-hydrogen) atoms. The molecule has 0 aromatic heterocycles. The van der Waals surface area contributed by atoms with Gasteiger partial charge < -0.3 is 5.11 Å². The van der Waals surface area contributed by atoms with Crippen LogP contribution in [0.1, 0.15) is 10.4 Å². The lowest BCUT2D eigenvalue weighted by Crippen LogP contribution is -1.93. The summed E-state index contributed by atoms with van der Waals surface area (Å²) in [6.45, 7) is 3.33. The Labute approximate surface area is 78.7 Å². The normalized spacial score (nSPS) is 9.42. The number of allylic oxidation sites excluding steroid dienone is 1. The van der Waals surface area contributed by atoms with Crippen molar-refractivity contribution in [2.45, 2.75) is 0 Å². The molecule has 0 spiro atoms. The summed E-state index contributed by atoms with van der Waals surface area (Å²) >= 11 is 3.20. The van der Waals surface area contributed by atoms with Gasteiger partial charge in [-0.25, -0.2) is 0 Å². The molecule has 0 amide bonds. The number of carbonyl (C=O) groups is 1. The average Bonchev–Trinajstić information content (AvgIpc) is 2.08.